The van der Waals surface area contributed by atoms with E-state index in [9.17, 15) is 0 Å². The largest absolute Gasteiger partial charge is 0.456 e. The fraction of sp³-hybridized carbons (Fsp3) is 0. The zero-order chi connectivity index (χ0) is 15.3. The summed E-state index contributed by atoms with van der Waals surface area (Å²) in [4.78, 5) is 11.9. The number of aromatic nitrogens is 3. The van der Waals surface area contributed by atoms with Crippen molar-refractivity contribution in [3.63, 3.8) is 0 Å². The van der Waals surface area contributed by atoms with Crippen molar-refractivity contribution < 1.29 is 4.42 Å². The SMILES string of the molecule is Clc1nc(Cl)nc(-c2ccc3c(c2)oc2ccc(Br)cc23)n1. The van der Waals surface area contributed by atoms with Gasteiger partial charge >= 0.3 is 0 Å². The molecular weight excluding hydrogens is 389 g/mol. The number of hydrogen-bond donors (Lipinski definition) is 0. The molecule has 0 spiro atoms. The molecule has 0 bridgehead atoms. The van der Waals surface area contributed by atoms with Crippen molar-refractivity contribution in [2.75, 3.05) is 0 Å². The standard InChI is InChI=1S/C15H6BrCl2N3O/c16-8-2-4-11-10(6-8)9-3-1-7(5-12(9)22-11)13-19-14(17)21-15(18)20-13/h1-6H. The average molecular weight is 395 g/mol. The van der Waals surface area contributed by atoms with Gasteiger partial charge in [-0.1, -0.05) is 22.0 Å². The number of fused-ring (bicyclic) bond motifs is 3. The summed E-state index contributed by atoms with van der Waals surface area (Å²) in [5.41, 5.74) is 2.33. The maximum Gasteiger partial charge on any atom is 0.227 e. The van der Waals surface area contributed by atoms with Crippen LogP contribution in [0.25, 0.3) is 33.3 Å². The molecule has 2 aromatic heterocycles. The van der Waals surface area contributed by atoms with Crippen molar-refractivity contribution in [1.82, 2.24) is 15.0 Å². The first kappa shape index (κ1) is 13.9. The van der Waals surface area contributed by atoms with Gasteiger partial charge in [-0.05, 0) is 53.5 Å². The molecule has 2 aromatic carbocycles. The molecule has 0 saturated heterocycles. The van der Waals surface area contributed by atoms with E-state index in [0.717, 1.165) is 32.0 Å². The first-order valence-corrected chi connectivity index (χ1v) is 7.84. The van der Waals surface area contributed by atoms with E-state index in [4.69, 9.17) is 27.6 Å². The second kappa shape index (κ2) is 5.19. The van der Waals surface area contributed by atoms with Crippen molar-refractivity contribution >= 4 is 61.1 Å². The summed E-state index contributed by atoms with van der Waals surface area (Å²) in [6, 6.07) is 11.6. The van der Waals surface area contributed by atoms with Crippen LogP contribution in [0.3, 0.4) is 0 Å². The van der Waals surface area contributed by atoms with E-state index >= 15 is 0 Å². The number of halogens is 3. The van der Waals surface area contributed by atoms with Crippen LogP contribution in [-0.4, -0.2) is 15.0 Å². The van der Waals surface area contributed by atoms with Crippen LogP contribution in [0.4, 0.5) is 0 Å². The predicted octanol–water partition coefficient (Wildman–Crippen LogP) is 5.51. The van der Waals surface area contributed by atoms with Crippen LogP contribution in [0.15, 0.2) is 45.3 Å². The van der Waals surface area contributed by atoms with Gasteiger partial charge in [-0.25, -0.2) is 0 Å². The van der Waals surface area contributed by atoms with Crippen molar-refractivity contribution in [2.45, 2.75) is 0 Å². The van der Waals surface area contributed by atoms with Gasteiger partial charge in [0.2, 0.25) is 10.6 Å². The first-order valence-electron chi connectivity index (χ1n) is 6.29. The zero-order valence-electron chi connectivity index (χ0n) is 10.8. The van der Waals surface area contributed by atoms with Crippen LogP contribution in [-0.2, 0) is 0 Å². The summed E-state index contributed by atoms with van der Waals surface area (Å²) in [7, 11) is 0. The van der Waals surface area contributed by atoms with Gasteiger partial charge in [0.1, 0.15) is 11.2 Å². The molecule has 0 aliphatic heterocycles. The summed E-state index contributed by atoms with van der Waals surface area (Å²) >= 11 is 15.1. The lowest BCUT2D eigenvalue weighted by Crippen LogP contribution is -1.93. The second-order valence-corrected chi connectivity index (χ2v) is 6.24. The van der Waals surface area contributed by atoms with Gasteiger partial charge in [-0.3, -0.25) is 0 Å². The zero-order valence-corrected chi connectivity index (χ0v) is 13.9. The minimum atomic E-state index is 0.0589. The molecule has 4 aromatic rings. The Morgan fingerprint density at radius 2 is 1.59 bits per heavy atom. The Bertz CT molecular complexity index is 1010. The molecule has 0 aliphatic rings. The molecule has 4 nitrogen and oxygen atoms in total. The van der Waals surface area contributed by atoms with Crippen molar-refractivity contribution in [1.29, 1.82) is 0 Å². The number of nitrogens with zero attached hydrogens (tertiary/aromatic N) is 3. The van der Waals surface area contributed by atoms with Gasteiger partial charge in [-0.2, -0.15) is 15.0 Å². The molecule has 7 heteroatoms. The number of hydrogen-bond acceptors (Lipinski definition) is 4. The van der Waals surface area contributed by atoms with Crippen molar-refractivity contribution in [3.8, 4) is 11.4 Å². The summed E-state index contributed by atoms with van der Waals surface area (Å²) < 4.78 is 6.87. The Kier molecular flexibility index (Phi) is 3.29. The van der Waals surface area contributed by atoms with E-state index in [1.807, 2.05) is 36.4 Å². The Morgan fingerprint density at radius 1 is 0.818 bits per heavy atom. The Morgan fingerprint density at radius 3 is 2.36 bits per heavy atom. The lowest BCUT2D eigenvalue weighted by molar-refractivity contribution is 0.669. The van der Waals surface area contributed by atoms with E-state index in [-0.39, 0.29) is 10.6 Å². The molecule has 0 aliphatic carbocycles. The maximum absolute atomic E-state index is 5.87. The summed E-state index contributed by atoms with van der Waals surface area (Å²) in [6.45, 7) is 0. The van der Waals surface area contributed by atoms with Crippen LogP contribution in [0, 0.1) is 0 Å². The van der Waals surface area contributed by atoms with Crippen LogP contribution < -0.4 is 0 Å². The maximum atomic E-state index is 5.87. The minimum Gasteiger partial charge on any atom is -0.456 e. The number of rotatable bonds is 1. The third-order valence-electron chi connectivity index (χ3n) is 3.27. The Balaban J connectivity index is 1.95. The minimum absolute atomic E-state index is 0.0589. The summed E-state index contributed by atoms with van der Waals surface area (Å²) in [5.74, 6) is 0.411. The highest BCUT2D eigenvalue weighted by atomic mass is 79.9. The first-order chi connectivity index (χ1) is 10.6. The van der Waals surface area contributed by atoms with E-state index in [1.54, 1.807) is 0 Å². The van der Waals surface area contributed by atoms with E-state index in [2.05, 4.69) is 30.9 Å². The molecule has 108 valence electrons. The highest BCUT2D eigenvalue weighted by Gasteiger charge is 2.11. The molecule has 22 heavy (non-hydrogen) atoms. The molecule has 2 heterocycles. The van der Waals surface area contributed by atoms with Gasteiger partial charge in [-0.15, -0.1) is 0 Å². The molecule has 0 fully saturated rings. The smallest absolute Gasteiger partial charge is 0.227 e. The number of furan rings is 1. The van der Waals surface area contributed by atoms with Crippen LogP contribution in [0.2, 0.25) is 10.6 Å². The molecule has 0 N–H and O–H groups in total. The molecule has 0 radical (unpaired) electrons. The van der Waals surface area contributed by atoms with E-state index in [0.29, 0.717) is 5.82 Å². The molecule has 4 rings (SSSR count). The van der Waals surface area contributed by atoms with Gasteiger partial charge in [0.25, 0.3) is 0 Å². The molecule has 0 atom stereocenters. The van der Waals surface area contributed by atoms with Gasteiger partial charge < -0.3 is 4.42 Å². The van der Waals surface area contributed by atoms with E-state index in [1.165, 1.54) is 0 Å². The van der Waals surface area contributed by atoms with Crippen LogP contribution in [0.5, 0.6) is 0 Å². The summed E-state index contributed by atoms with van der Waals surface area (Å²) in [5, 5.41) is 2.18. The van der Waals surface area contributed by atoms with Gasteiger partial charge in [0.15, 0.2) is 5.82 Å². The molecule has 0 saturated carbocycles. The third kappa shape index (κ3) is 2.35. The lowest BCUT2D eigenvalue weighted by Gasteiger charge is -2.00. The quantitative estimate of drug-likeness (QED) is 0.427. The third-order valence-corrected chi connectivity index (χ3v) is 4.10. The molecular formula is C15H6BrCl2N3O. The topological polar surface area (TPSA) is 51.8 Å². The summed E-state index contributed by atoms with van der Waals surface area (Å²) in [6.07, 6.45) is 0. The number of benzene rings is 2. The van der Waals surface area contributed by atoms with Gasteiger partial charge in [0, 0.05) is 20.8 Å². The highest BCUT2D eigenvalue weighted by molar-refractivity contribution is 9.10. The highest BCUT2D eigenvalue weighted by Crippen LogP contribution is 2.33. The normalized spacial score (nSPS) is 11.4. The molecule has 0 amide bonds. The van der Waals surface area contributed by atoms with Crippen LogP contribution >= 0.6 is 39.1 Å². The fourth-order valence-corrected chi connectivity index (χ4v) is 3.07. The second-order valence-electron chi connectivity index (χ2n) is 4.65. The van der Waals surface area contributed by atoms with Gasteiger partial charge in [0.05, 0.1) is 0 Å². The Labute approximate surface area is 143 Å². The Hall–Kier alpha value is -1.69. The lowest BCUT2D eigenvalue weighted by atomic mass is 10.1. The predicted molar refractivity (Wildman–Crippen MR) is 90.3 cm³/mol. The van der Waals surface area contributed by atoms with Crippen molar-refractivity contribution in [2.24, 2.45) is 0 Å². The van der Waals surface area contributed by atoms with Crippen LogP contribution in [0.1, 0.15) is 0 Å². The molecule has 0 unspecified atom stereocenters. The monoisotopic (exact) mass is 393 g/mol. The fourth-order valence-electron chi connectivity index (χ4n) is 2.34. The van der Waals surface area contributed by atoms with Crippen molar-refractivity contribution in [3.05, 3.63) is 51.4 Å². The van der Waals surface area contributed by atoms with E-state index < -0.39 is 0 Å². The average Bonchev–Trinajstić information content (AvgIpc) is 2.83.